The Morgan fingerprint density at radius 3 is 2.52 bits per heavy atom. The molecule has 2 aliphatic rings. The summed E-state index contributed by atoms with van der Waals surface area (Å²) in [5.74, 6) is -1.19. The number of carbonyl (C=O) groups is 3. The summed E-state index contributed by atoms with van der Waals surface area (Å²) in [7, 11) is 0. The number of benzene rings is 2. The summed E-state index contributed by atoms with van der Waals surface area (Å²) in [6, 6.07) is 13.2. The number of nitrogens with zero attached hydrogens (tertiary/aromatic N) is 3. The minimum atomic E-state index is -0.666. The lowest BCUT2D eigenvalue weighted by Gasteiger charge is -2.28. The van der Waals surface area contributed by atoms with Crippen LogP contribution in [0.5, 0.6) is 0 Å². The lowest BCUT2D eigenvalue weighted by atomic mass is 10.1. The van der Waals surface area contributed by atoms with Crippen LogP contribution in [-0.4, -0.2) is 59.7 Å². The van der Waals surface area contributed by atoms with Gasteiger partial charge >= 0.3 is 0 Å². The second-order valence-electron chi connectivity index (χ2n) is 7.28. The third-order valence-corrected chi connectivity index (χ3v) is 6.03. The first kappa shape index (κ1) is 22.5. The van der Waals surface area contributed by atoms with Gasteiger partial charge in [0.1, 0.15) is 6.54 Å². The van der Waals surface area contributed by atoms with Crippen molar-refractivity contribution in [3.8, 4) is 0 Å². The highest BCUT2D eigenvalue weighted by molar-refractivity contribution is 8.18. The van der Waals surface area contributed by atoms with Crippen LogP contribution in [0.1, 0.15) is 5.56 Å². The molecule has 4 rings (SSSR count). The van der Waals surface area contributed by atoms with Crippen LogP contribution in [0.15, 0.2) is 53.4 Å². The lowest BCUT2D eigenvalue weighted by molar-refractivity contribution is -0.385. The molecule has 10 nitrogen and oxygen atoms in total. The number of amides is 3. The number of imide groups is 1. The Bertz CT molecular complexity index is 1130. The van der Waals surface area contributed by atoms with E-state index in [1.807, 2.05) is 12.1 Å². The number of anilines is 2. The van der Waals surface area contributed by atoms with E-state index in [-0.39, 0.29) is 16.2 Å². The highest BCUT2D eigenvalue weighted by atomic mass is 32.2. The molecule has 11 heteroatoms. The highest BCUT2D eigenvalue weighted by Crippen LogP contribution is 2.33. The standard InChI is InChI=1S/C22H20N4O6S/c27-20(23-16-5-7-17(8-6-16)24-9-11-32-12-10-24)14-25-21(28)19(33-22(25)29)13-15-3-1-2-4-18(15)26(30)31/h1-8,13H,9-12,14H2,(H,23,27)/b19-13+. The van der Waals surface area contributed by atoms with Crippen LogP contribution in [0, 0.1) is 10.1 Å². The van der Waals surface area contributed by atoms with Crippen molar-refractivity contribution in [2.45, 2.75) is 0 Å². The van der Waals surface area contributed by atoms with E-state index in [0.717, 1.165) is 23.7 Å². The van der Waals surface area contributed by atoms with E-state index in [4.69, 9.17) is 4.74 Å². The quantitative estimate of drug-likeness (QED) is 0.390. The Morgan fingerprint density at radius 2 is 1.82 bits per heavy atom. The van der Waals surface area contributed by atoms with Gasteiger partial charge in [-0.15, -0.1) is 0 Å². The van der Waals surface area contributed by atoms with Crippen LogP contribution in [0.3, 0.4) is 0 Å². The lowest BCUT2D eigenvalue weighted by Crippen LogP contribution is -2.36. The topological polar surface area (TPSA) is 122 Å². The zero-order valence-corrected chi connectivity index (χ0v) is 18.2. The van der Waals surface area contributed by atoms with Crippen LogP contribution >= 0.6 is 11.8 Å². The number of nitro groups is 1. The largest absolute Gasteiger partial charge is 0.378 e. The van der Waals surface area contributed by atoms with Gasteiger partial charge in [-0.05, 0) is 48.2 Å². The maximum atomic E-state index is 12.7. The van der Waals surface area contributed by atoms with Gasteiger partial charge in [0, 0.05) is 30.5 Å². The molecule has 0 unspecified atom stereocenters. The van der Waals surface area contributed by atoms with E-state index in [0.29, 0.717) is 30.7 Å². The minimum Gasteiger partial charge on any atom is -0.378 e. The molecule has 0 aromatic heterocycles. The molecule has 0 spiro atoms. The normalized spacial score (nSPS) is 17.5. The van der Waals surface area contributed by atoms with Gasteiger partial charge in [0.2, 0.25) is 5.91 Å². The summed E-state index contributed by atoms with van der Waals surface area (Å²) < 4.78 is 5.34. The van der Waals surface area contributed by atoms with Crippen LogP contribution in [0.2, 0.25) is 0 Å². The Kier molecular flexibility index (Phi) is 6.71. The van der Waals surface area contributed by atoms with Crippen LogP contribution in [-0.2, 0) is 14.3 Å². The average Bonchev–Trinajstić information content (AvgIpc) is 3.07. The summed E-state index contributed by atoms with van der Waals surface area (Å²) in [6.45, 7) is 2.48. The summed E-state index contributed by atoms with van der Waals surface area (Å²) in [5.41, 5.74) is 1.59. The van der Waals surface area contributed by atoms with E-state index < -0.39 is 28.5 Å². The van der Waals surface area contributed by atoms with E-state index in [9.17, 15) is 24.5 Å². The first-order valence-corrected chi connectivity index (χ1v) is 11.0. The number of rotatable bonds is 6. The van der Waals surface area contributed by atoms with E-state index in [2.05, 4.69) is 10.2 Å². The maximum Gasteiger partial charge on any atom is 0.294 e. The number of hydrogen-bond acceptors (Lipinski definition) is 8. The van der Waals surface area contributed by atoms with Gasteiger partial charge in [-0.2, -0.15) is 0 Å². The third kappa shape index (κ3) is 5.21. The van der Waals surface area contributed by atoms with Crippen molar-refractivity contribution in [3.63, 3.8) is 0 Å². The second-order valence-corrected chi connectivity index (χ2v) is 8.27. The molecule has 170 valence electrons. The highest BCUT2D eigenvalue weighted by Gasteiger charge is 2.36. The third-order valence-electron chi connectivity index (χ3n) is 5.12. The smallest absolute Gasteiger partial charge is 0.294 e. The predicted molar refractivity (Wildman–Crippen MR) is 124 cm³/mol. The number of hydrogen-bond donors (Lipinski definition) is 1. The number of nitrogens with one attached hydrogen (secondary N) is 1. The Balaban J connectivity index is 1.40. The Hall–Kier alpha value is -3.70. The fourth-order valence-corrected chi connectivity index (χ4v) is 4.30. The summed E-state index contributed by atoms with van der Waals surface area (Å²) in [5, 5.41) is 13.3. The number of ether oxygens (including phenoxy) is 1. The van der Waals surface area contributed by atoms with Crippen LogP contribution in [0.25, 0.3) is 6.08 Å². The number of thioether (sulfide) groups is 1. The number of nitro benzene ring substituents is 1. The van der Waals surface area contributed by atoms with Crippen molar-refractivity contribution >= 4 is 52.0 Å². The van der Waals surface area contributed by atoms with Crippen molar-refractivity contribution in [2.24, 2.45) is 0 Å². The van der Waals surface area contributed by atoms with Crippen molar-refractivity contribution in [3.05, 3.63) is 69.1 Å². The predicted octanol–water partition coefficient (Wildman–Crippen LogP) is 3.11. The van der Waals surface area contributed by atoms with E-state index in [1.54, 1.807) is 18.2 Å². The molecule has 2 heterocycles. The van der Waals surface area contributed by atoms with Gasteiger partial charge in [0.15, 0.2) is 0 Å². The summed E-state index contributed by atoms with van der Waals surface area (Å²) in [6.07, 6.45) is 1.30. The zero-order valence-electron chi connectivity index (χ0n) is 17.4. The molecule has 2 aromatic rings. The molecule has 2 aliphatic heterocycles. The SMILES string of the molecule is O=C(CN1C(=O)S/C(=C/c2ccccc2[N+](=O)[O-])C1=O)Nc1ccc(N2CCOCC2)cc1. The van der Waals surface area contributed by atoms with Gasteiger partial charge in [0.05, 0.1) is 28.6 Å². The van der Waals surface area contributed by atoms with Crippen molar-refractivity contribution in [2.75, 3.05) is 43.1 Å². The molecule has 33 heavy (non-hydrogen) atoms. The molecule has 0 saturated carbocycles. The molecular formula is C22H20N4O6S. The van der Waals surface area contributed by atoms with E-state index in [1.165, 1.54) is 24.3 Å². The fourth-order valence-electron chi connectivity index (χ4n) is 3.47. The van der Waals surface area contributed by atoms with Gasteiger partial charge in [0.25, 0.3) is 16.8 Å². The molecular weight excluding hydrogens is 448 g/mol. The first-order valence-electron chi connectivity index (χ1n) is 10.1. The number of para-hydroxylation sites is 1. The average molecular weight is 468 g/mol. The number of morpholine rings is 1. The summed E-state index contributed by atoms with van der Waals surface area (Å²) in [4.78, 5) is 51.1. The molecule has 0 radical (unpaired) electrons. The molecule has 3 amide bonds. The van der Waals surface area contributed by atoms with Crippen molar-refractivity contribution < 1.29 is 24.0 Å². The van der Waals surface area contributed by atoms with Crippen LogP contribution in [0.4, 0.5) is 21.9 Å². The molecule has 1 N–H and O–H groups in total. The van der Waals surface area contributed by atoms with Crippen molar-refractivity contribution in [1.29, 1.82) is 0 Å². The molecule has 2 saturated heterocycles. The monoisotopic (exact) mass is 468 g/mol. The summed E-state index contributed by atoms with van der Waals surface area (Å²) >= 11 is 0.643. The van der Waals surface area contributed by atoms with Gasteiger partial charge in [-0.25, -0.2) is 0 Å². The van der Waals surface area contributed by atoms with Gasteiger partial charge in [-0.3, -0.25) is 29.4 Å². The van der Waals surface area contributed by atoms with Gasteiger partial charge in [-0.1, -0.05) is 12.1 Å². The molecule has 0 aliphatic carbocycles. The Morgan fingerprint density at radius 1 is 1.12 bits per heavy atom. The van der Waals surface area contributed by atoms with Crippen molar-refractivity contribution in [1.82, 2.24) is 4.90 Å². The second kappa shape index (κ2) is 9.84. The number of carbonyl (C=O) groups excluding carboxylic acids is 3. The first-order chi connectivity index (χ1) is 15.9. The maximum absolute atomic E-state index is 12.7. The van der Waals surface area contributed by atoms with Gasteiger partial charge < -0.3 is 15.0 Å². The fraction of sp³-hybridized carbons (Fsp3) is 0.227. The molecule has 0 atom stereocenters. The Labute approximate surface area is 193 Å². The van der Waals surface area contributed by atoms with E-state index >= 15 is 0 Å². The molecule has 2 aromatic carbocycles. The molecule has 2 fully saturated rings. The zero-order chi connectivity index (χ0) is 23.4. The van der Waals surface area contributed by atoms with Crippen LogP contribution < -0.4 is 10.2 Å². The molecule has 0 bridgehead atoms. The minimum absolute atomic E-state index is 0.0250.